The number of aromatic amines is 1. The van der Waals surface area contributed by atoms with Gasteiger partial charge in [-0.1, -0.05) is 29.8 Å². The summed E-state index contributed by atoms with van der Waals surface area (Å²) in [6.45, 7) is 2.50. The number of aromatic nitrogens is 1. The monoisotopic (exact) mass is 424 g/mol. The molecule has 6 nitrogen and oxygen atoms in total. The molecule has 1 amide bonds. The van der Waals surface area contributed by atoms with E-state index in [0.717, 1.165) is 22.2 Å². The summed E-state index contributed by atoms with van der Waals surface area (Å²) in [4.78, 5) is 30.6. The number of hydrogen-bond donors (Lipinski definition) is 1. The lowest BCUT2D eigenvalue weighted by Crippen LogP contribution is -2.44. The van der Waals surface area contributed by atoms with Gasteiger partial charge in [-0.05, 0) is 43.2 Å². The molecule has 154 valence electrons. The van der Waals surface area contributed by atoms with E-state index < -0.39 is 12.1 Å². The van der Waals surface area contributed by atoms with Crippen molar-refractivity contribution in [1.29, 1.82) is 0 Å². The van der Waals surface area contributed by atoms with Crippen molar-refractivity contribution >= 4 is 34.4 Å². The van der Waals surface area contributed by atoms with Crippen LogP contribution in [0.5, 0.6) is 0 Å². The van der Waals surface area contributed by atoms with E-state index >= 15 is 0 Å². The number of H-pyrrole nitrogens is 1. The molecular weight excluding hydrogens is 404 g/mol. The van der Waals surface area contributed by atoms with Gasteiger partial charge < -0.3 is 14.5 Å². The first-order chi connectivity index (χ1) is 14.6. The normalized spacial score (nSPS) is 24.9. The van der Waals surface area contributed by atoms with Crippen LogP contribution in [0.1, 0.15) is 24.2 Å². The number of benzene rings is 1. The maximum Gasteiger partial charge on any atom is 0.410 e. The Kier molecular flexibility index (Phi) is 4.66. The zero-order valence-corrected chi connectivity index (χ0v) is 17.2. The van der Waals surface area contributed by atoms with Crippen molar-refractivity contribution in [2.45, 2.75) is 25.5 Å². The van der Waals surface area contributed by atoms with Crippen molar-refractivity contribution in [3.63, 3.8) is 0 Å². The molecule has 1 aliphatic carbocycles. The number of hydrogen-bond acceptors (Lipinski definition) is 4. The van der Waals surface area contributed by atoms with Crippen molar-refractivity contribution in [3.8, 4) is 0 Å². The molecule has 30 heavy (non-hydrogen) atoms. The maximum atomic E-state index is 12.8. The highest BCUT2D eigenvalue weighted by Crippen LogP contribution is 2.42. The topological polar surface area (TPSA) is 71.6 Å². The number of rotatable bonds is 2. The number of nitrogens with zero attached hydrogens (tertiary/aromatic N) is 1. The van der Waals surface area contributed by atoms with Gasteiger partial charge in [0, 0.05) is 28.5 Å². The Balaban J connectivity index is 1.63. The van der Waals surface area contributed by atoms with Gasteiger partial charge in [0.25, 0.3) is 0 Å². The van der Waals surface area contributed by atoms with Gasteiger partial charge in [0.2, 0.25) is 0 Å². The summed E-state index contributed by atoms with van der Waals surface area (Å²) in [6, 6.07) is 5.11. The van der Waals surface area contributed by atoms with Crippen LogP contribution in [0, 0.1) is 5.92 Å². The predicted molar refractivity (Wildman–Crippen MR) is 113 cm³/mol. The standard InChI is InChI=1S/C23H21ClN2O4/c1-2-29-23(28)26-10-9-14-16-11-13(24)7-8-17(16)25-21(14)22(26)20-12-18(27)15-5-3-4-6-19(15)30-20/h3-8,11-12,15,19,22,25H,2,9-10H2,1H3. The van der Waals surface area contributed by atoms with E-state index in [0.29, 0.717) is 23.7 Å². The van der Waals surface area contributed by atoms with E-state index in [1.807, 2.05) is 42.5 Å². The second-order valence-electron chi connectivity index (χ2n) is 7.58. The molecule has 3 unspecified atom stereocenters. The first-order valence-corrected chi connectivity index (χ1v) is 10.4. The molecule has 0 spiro atoms. The SMILES string of the molecule is CCOC(=O)N1CCc2c([nH]c3ccc(Cl)cc23)C1C1=CC(=O)C2C=CC=CC2O1. The lowest BCUT2D eigenvalue weighted by atomic mass is 9.88. The van der Waals surface area contributed by atoms with Gasteiger partial charge in [0.15, 0.2) is 5.78 Å². The van der Waals surface area contributed by atoms with Crippen molar-refractivity contribution in [2.24, 2.45) is 5.92 Å². The van der Waals surface area contributed by atoms with E-state index in [1.54, 1.807) is 11.8 Å². The summed E-state index contributed by atoms with van der Waals surface area (Å²) in [5.41, 5.74) is 2.84. The zero-order chi connectivity index (χ0) is 20.8. The van der Waals surface area contributed by atoms with Crippen LogP contribution in [0.4, 0.5) is 4.79 Å². The summed E-state index contributed by atoms with van der Waals surface area (Å²) in [6.07, 6.45) is 8.82. The van der Waals surface area contributed by atoms with E-state index in [9.17, 15) is 9.59 Å². The summed E-state index contributed by atoms with van der Waals surface area (Å²) in [7, 11) is 0. The molecule has 0 bridgehead atoms. The van der Waals surface area contributed by atoms with Crippen molar-refractivity contribution in [1.82, 2.24) is 9.88 Å². The largest absolute Gasteiger partial charge is 0.487 e. The first kappa shape index (κ1) is 19.0. The smallest absolute Gasteiger partial charge is 0.410 e. The van der Waals surface area contributed by atoms with Gasteiger partial charge in [-0.25, -0.2) is 4.79 Å². The number of carbonyl (C=O) groups is 2. The number of fused-ring (bicyclic) bond motifs is 4. The third-order valence-corrected chi connectivity index (χ3v) is 6.07. The molecular formula is C23H21ClN2O4. The quantitative estimate of drug-likeness (QED) is 0.772. The van der Waals surface area contributed by atoms with E-state index in [4.69, 9.17) is 21.1 Å². The van der Waals surface area contributed by atoms with Gasteiger partial charge in [0.05, 0.1) is 18.2 Å². The Morgan fingerprint density at radius 3 is 3.00 bits per heavy atom. The third-order valence-electron chi connectivity index (χ3n) is 5.83. The van der Waals surface area contributed by atoms with Gasteiger partial charge in [-0.3, -0.25) is 9.69 Å². The molecule has 0 saturated heterocycles. The maximum absolute atomic E-state index is 12.8. The average molecular weight is 425 g/mol. The molecule has 0 radical (unpaired) electrons. The minimum absolute atomic E-state index is 0.0306. The molecule has 7 heteroatoms. The number of ketones is 1. The summed E-state index contributed by atoms with van der Waals surface area (Å²) < 4.78 is 11.5. The zero-order valence-electron chi connectivity index (χ0n) is 16.4. The third kappa shape index (κ3) is 3.03. The molecule has 5 rings (SSSR count). The highest BCUT2D eigenvalue weighted by atomic mass is 35.5. The Morgan fingerprint density at radius 1 is 1.33 bits per heavy atom. The lowest BCUT2D eigenvalue weighted by molar-refractivity contribution is -0.121. The fourth-order valence-corrected chi connectivity index (χ4v) is 4.66. The van der Waals surface area contributed by atoms with Crippen LogP contribution >= 0.6 is 11.6 Å². The Labute approximate surface area is 178 Å². The molecule has 2 aromatic rings. The second-order valence-corrected chi connectivity index (χ2v) is 8.02. The molecule has 3 atom stereocenters. The molecule has 0 saturated carbocycles. The van der Waals surface area contributed by atoms with Gasteiger partial charge in [-0.15, -0.1) is 0 Å². The highest BCUT2D eigenvalue weighted by Gasteiger charge is 2.42. The van der Waals surface area contributed by atoms with Crippen molar-refractivity contribution in [3.05, 3.63) is 70.6 Å². The molecule has 1 aromatic heterocycles. The fraction of sp³-hybridized carbons (Fsp3) is 0.304. The number of halogens is 1. The van der Waals surface area contributed by atoms with Crippen LogP contribution in [0.3, 0.4) is 0 Å². The average Bonchev–Trinajstić information content (AvgIpc) is 3.11. The number of carbonyl (C=O) groups excluding carboxylic acids is 2. The fourth-order valence-electron chi connectivity index (χ4n) is 4.49. The van der Waals surface area contributed by atoms with Crippen molar-refractivity contribution in [2.75, 3.05) is 13.2 Å². The number of nitrogens with one attached hydrogen (secondary N) is 1. The minimum atomic E-state index is -0.566. The number of allylic oxidation sites excluding steroid dienone is 3. The second kappa shape index (κ2) is 7.36. The minimum Gasteiger partial charge on any atom is -0.487 e. The van der Waals surface area contributed by atoms with E-state index in [1.165, 1.54) is 6.08 Å². The molecule has 0 fully saturated rings. The predicted octanol–water partition coefficient (Wildman–Crippen LogP) is 4.47. The molecule has 1 aromatic carbocycles. The van der Waals surface area contributed by atoms with Crippen LogP contribution < -0.4 is 0 Å². The Morgan fingerprint density at radius 2 is 2.17 bits per heavy atom. The van der Waals surface area contributed by atoms with Crippen LogP contribution in [-0.4, -0.2) is 41.0 Å². The van der Waals surface area contributed by atoms with Crippen LogP contribution in [0.15, 0.2) is 54.3 Å². The van der Waals surface area contributed by atoms with Gasteiger partial charge in [0.1, 0.15) is 17.9 Å². The van der Waals surface area contributed by atoms with E-state index in [-0.39, 0.29) is 24.4 Å². The molecule has 2 aliphatic heterocycles. The van der Waals surface area contributed by atoms with Crippen LogP contribution in [0.25, 0.3) is 10.9 Å². The summed E-state index contributed by atoms with van der Waals surface area (Å²) >= 11 is 6.23. The van der Waals surface area contributed by atoms with Crippen molar-refractivity contribution < 1.29 is 19.1 Å². The summed E-state index contributed by atoms with van der Waals surface area (Å²) in [5.74, 6) is 0.0872. The van der Waals surface area contributed by atoms with Crippen LogP contribution in [-0.2, 0) is 20.7 Å². The molecule has 3 aliphatic rings. The van der Waals surface area contributed by atoms with Gasteiger partial charge in [-0.2, -0.15) is 0 Å². The van der Waals surface area contributed by atoms with Crippen LogP contribution in [0.2, 0.25) is 5.02 Å². The summed E-state index contributed by atoms with van der Waals surface area (Å²) in [5, 5.41) is 1.67. The Bertz CT molecular complexity index is 1130. The van der Waals surface area contributed by atoms with E-state index in [2.05, 4.69) is 4.98 Å². The van der Waals surface area contributed by atoms with Gasteiger partial charge >= 0.3 is 6.09 Å². The highest BCUT2D eigenvalue weighted by molar-refractivity contribution is 6.31. The first-order valence-electron chi connectivity index (χ1n) is 10.1. The number of amides is 1. The lowest BCUT2D eigenvalue weighted by Gasteiger charge is -2.39. The molecule has 1 N–H and O–H groups in total. The Hall–Kier alpha value is -2.99. The molecule has 3 heterocycles. The number of ether oxygens (including phenoxy) is 2.